The number of aromatic nitrogens is 4. The minimum atomic E-state index is 0. The van der Waals surface area contributed by atoms with E-state index >= 15 is 0 Å². The maximum absolute atomic E-state index is 4.97. The summed E-state index contributed by atoms with van der Waals surface area (Å²) in [5.41, 5.74) is 9.30. The van der Waals surface area contributed by atoms with E-state index in [2.05, 4.69) is 40.7 Å². The largest absolute Gasteiger partial charge is 0.332 e. The van der Waals surface area contributed by atoms with Gasteiger partial charge in [-0.1, -0.05) is 30.3 Å². The standard InChI is InChI=1S/C21H18N3.C11H8N.Ir/c1-14-15(2)22-16(3)20-19(14)23-21(17-10-6-4-7-11-17)24(20)18-12-8-5-9-13-18;1-2-6-10(7-3-1)11-8-4-5-9-12-11;/h4-10,12-13H,1-3H3;1-6,8-9H;/q2*-1;. The van der Waals surface area contributed by atoms with Crippen LogP contribution in [0.2, 0.25) is 0 Å². The van der Waals surface area contributed by atoms with E-state index in [0.717, 1.165) is 56.3 Å². The van der Waals surface area contributed by atoms with Gasteiger partial charge in [0.25, 0.3) is 0 Å². The SMILES string of the molecule is Cc1nc(C)c2c(nc(-c3[c-]cccc3)n2-c2ccccc2)c1C.[Ir].[c-]1ccccc1-c1ccccn1. The van der Waals surface area contributed by atoms with Gasteiger partial charge in [-0.15, -0.1) is 71.8 Å². The van der Waals surface area contributed by atoms with Crippen LogP contribution in [0, 0.1) is 32.9 Å². The molecule has 3 aromatic carbocycles. The van der Waals surface area contributed by atoms with Crippen molar-refractivity contribution in [1.82, 2.24) is 19.5 Å². The third-order valence-electron chi connectivity index (χ3n) is 6.07. The molecule has 0 N–H and O–H groups in total. The van der Waals surface area contributed by atoms with Gasteiger partial charge in [0.1, 0.15) is 0 Å². The van der Waals surface area contributed by atoms with Gasteiger partial charge in [-0.2, -0.15) is 0 Å². The van der Waals surface area contributed by atoms with Crippen molar-refractivity contribution in [1.29, 1.82) is 0 Å². The molecule has 3 heterocycles. The van der Waals surface area contributed by atoms with Crippen molar-refractivity contribution >= 4 is 11.0 Å². The van der Waals surface area contributed by atoms with Gasteiger partial charge >= 0.3 is 0 Å². The molecule has 6 aromatic rings. The van der Waals surface area contributed by atoms with Crippen LogP contribution in [-0.2, 0) is 20.1 Å². The summed E-state index contributed by atoms with van der Waals surface area (Å²) in [6.07, 6.45) is 1.79. The molecule has 4 nitrogen and oxygen atoms in total. The molecule has 0 atom stereocenters. The van der Waals surface area contributed by atoms with Crippen LogP contribution in [0.25, 0.3) is 39.4 Å². The fraction of sp³-hybridized carbons (Fsp3) is 0.0938. The van der Waals surface area contributed by atoms with E-state index in [9.17, 15) is 0 Å². The molecule has 6 rings (SSSR count). The molecule has 0 aliphatic heterocycles. The first-order valence-electron chi connectivity index (χ1n) is 11.9. The Kier molecular flexibility index (Phi) is 8.39. The number of benzene rings is 3. The topological polar surface area (TPSA) is 43.6 Å². The van der Waals surface area contributed by atoms with E-state index in [1.165, 1.54) is 0 Å². The molecule has 37 heavy (non-hydrogen) atoms. The van der Waals surface area contributed by atoms with Gasteiger partial charge in [-0.25, -0.2) is 0 Å². The fourth-order valence-electron chi connectivity index (χ4n) is 4.19. The van der Waals surface area contributed by atoms with Crippen LogP contribution in [0.1, 0.15) is 17.0 Å². The van der Waals surface area contributed by atoms with Gasteiger partial charge in [0, 0.05) is 37.7 Å². The molecule has 0 bridgehead atoms. The van der Waals surface area contributed by atoms with Crippen molar-refractivity contribution < 1.29 is 20.1 Å². The van der Waals surface area contributed by atoms with Crippen molar-refractivity contribution in [3.63, 3.8) is 0 Å². The number of pyridine rings is 2. The van der Waals surface area contributed by atoms with Crippen molar-refractivity contribution in [2.75, 3.05) is 0 Å². The minimum Gasteiger partial charge on any atom is -0.332 e. The van der Waals surface area contributed by atoms with E-state index < -0.39 is 0 Å². The Morgan fingerprint density at radius 2 is 1.30 bits per heavy atom. The molecule has 185 valence electrons. The van der Waals surface area contributed by atoms with Crippen molar-refractivity contribution in [2.24, 2.45) is 0 Å². The Balaban J connectivity index is 0.000000208. The predicted molar refractivity (Wildman–Crippen MR) is 146 cm³/mol. The molecular formula is C32H26IrN4-2. The maximum Gasteiger partial charge on any atom is 0.0854 e. The summed E-state index contributed by atoms with van der Waals surface area (Å²) in [4.78, 5) is 13.9. The zero-order valence-corrected chi connectivity index (χ0v) is 23.3. The van der Waals surface area contributed by atoms with Crippen molar-refractivity contribution in [3.8, 4) is 28.3 Å². The first-order chi connectivity index (χ1) is 17.6. The van der Waals surface area contributed by atoms with Crippen molar-refractivity contribution in [2.45, 2.75) is 20.8 Å². The number of nitrogens with zero attached hydrogens (tertiary/aromatic N) is 4. The quantitative estimate of drug-likeness (QED) is 0.187. The van der Waals surface area contributed by atoms with Crippen LogP contribution in [-0.4, -0.2) is 19.5 Å². The Labute approximate surface area is 231 Å². The first-order valence-corrected chi connectivity index (χ1v) is 11.9. The molecule has 0 fully saturated rings. The Morgan fingerprint density at radius 3 is 1.92 bits per heavy atom. The number of fused-ring (bicyclic) bond motifs is 1. The number of hydrogen-bond acceptors (Lipinski definition) is 3. The smallest absolute Gasteiger partial charge is 0.0854 e. The number of aryl methyl sites for hydroxylation is 3. The van der Waals surface area contributed by atoms with Gasteiger partial charge in [-0.05, 0) is 50.2 Å². The van der Waals surface area contributed by atoms with Crippen molar-refractivity contribution in [3.05, 3.63) is 132 Å². The average Bonchev–Trinajstić information content (AvgIpc) is 3.36. The predicted octanol–water partition coefficient (Wildman–Crippen LogP) is 7.36. The average molecular weight is 659 g/mol. The van der Waals surface area contributed by atoms with E-state index in [0.29, 0.717) is 0 Å². The summed E-state index contributed by atoms with van der Waals surface area (Å²) < 4.78 is 2.19. The maximum atomic E-state index is 4.97. The fourth-order valence-corrected chi connectivity index (χ4v) is 4.19. The second-order valence-corrected chi connectivity index (χ2v) is 8.48. The van der Waals surface area contributed by atoms with Crippen LogP contribution < -0.4 is 0 Å². The zero-order chi connectivity index (χ0) is 24.9. The van der Waals surface area contributed by atoms with E-state index in [1.807, 2.05) is 98.8 Å². The summed E-state index contributed by atoms with van der Waals surface area (Å²) in [5, 5.41) is 0. The van der Waals surface area contributed by atoms with E-state index in [1.54, 1.807) is 6.20 Å². The number of hydrogen-bond donors (Lipinski definition) is 0. The van der Waals surface area contributed by atoms with Crippen LogP contribution in [0.3, 0.4) is 0 Å². The third kappa shape index (κ3) is 5.59. The molecule has 3 aromatic heterocycles. The molecule has 5 heteroatoms. The molecule has 0 aliphatic rings. The Hall–Kier alpha value is -3.92. The van der Waals surface area contributed by atoms with Crippen LogP contribution in [0.15, 0.2) is 103 Å². The van der Waals surface area contributed by atoms with Gasteiger partial charge in [-0.3, -0.25) is 9.97 Å². The first kappa shape index (κ1) is 26.2. The Morgan fingerprint density at radius 1 is 0.649 bits per heavy atom. The van der Waals surface area contributed by atoms with Gasteiger partial charge in [0.15, 0.2) is 0 Å². The second kappa shape index (κ2) is 11.9. The van der Waals surface area contributed by atoms with Crippen LogP contribution in [0.5, 0.6) is 0 Å². The number of para-hydroxylation sites is 1. The Bertz CT molecular complexity index is 1540. The molecule has 0 amide bonds. The zero-order valence-electron chi connectivity index (χ0n) is 20.9. The van der Waals surface area contributed by atoms with Gasteiger partial charge in [0.05, 0.1) is 22.6 Å². The summed E-state index contributed by atoms with van der Waals surface area (Å²) in [7, 11) is 0. The monoisotopic (exact) mass is 659 g/mol. The molecule has 0 unspecified atom stereocenters. The summed E-state index contributed by atoms with van der Waals surface area (Å²) >= 11 is 0. The summed E-state index contributed by atoms with van der Waals surface area (Å²) in [6, 6.07) is 38.4. The summed E-state index contributed by atoms with van der Waals surface area (Å²) in [6.45, 7) is 6.18. The minimum absolute atomic E-state index is 0. The number of rotatable bonds is 3. The molecule has 1 radical (unpaired) electrons. The second-order valence-electron chi connectivity index (χ2n) is 8.48. The van der Waals surface area contributed by atoms with Crippen LogP contribution in [0.4, 0.5) is 0 Å². The normalized spacial score (nSPS) is 10.4. The van der Waals surface area contributed by atoms with Gasteiger partial charge < -0.3 is 9.55 Å². The molecule has 0 saturated carbocycles. The van der Waals surface area contributed by atoms with Crippen LogP contribution >= 0.6 is 0 Å². The number of imidazole rings is 1. The summed E-state index contributed by atoms with van der Waals surface area (Å²) in [5.74, 6) is 0.899. The van der Waals surface area contributed by atoms with Gasteiger partial charge in [0.2, 0.25) is 0 Å². The van der Waals surface area contributed by atoms with E-state index in [-0.39, 0.29) is 20.1 Å². The molecule has 0 aliphatic carbocycles. The molecular weight excluding hydrogens is 633 g/mol. The third-order valence-corrected chi connectivity index (χ3v) is 6.07. The molecule has 0 spiro atoms. The van der Waals surface area contributed by atoms with E-state index in [4.69, 9.17) is 9.97 Å². The molecule has 0 saturated heterocycles.